The van der Waals surface area contributed by atoms with Gasteiger partial charge in [-0.3, -0.25) is 25.0 Å². The normalized spacial score (nSPS) is 10.1. The lowest BCUT2D eigenvalue weighted by Crippen LogP contribution is -2.35. The Balaban J connectivity index is 1.89. The molecule has 2 rings (SSSR count). The molecule has 0 spiro atoms. The molecule has 0 heterocycles. The van der Waals surface area contributed by atoms with E-state index in [1.165, 1.54) is 23.9 Å². The van der Waals surface area contributed by atoms with Crippen molar-refractivity contribution >= 4 is 35.2 Å². The van der Waals surface area contributed by atoms with Crippen molar-refractivity contribution in [3.63, 3.8) is 0 Å². The Morgan fingerprint density at radius 1 is 1.11 bits per heavy atom. The van der Waals surface area contributed by atoms with Crippen LogP contribution in [0, 0.1) is 10.1 Å². The van der Waals surface area contributed by atoms with Crippen molar-refractivity contribution in [3.8, 4) is 0 Å². The minimum atomic E-state index is -0.892. The van der Waals surface area contributed by atoms with E-state index in [1.54, 1.807) is 30.5 Å². The zero-order valence-corrected chi connectivity index (χ0v) is 15.2. The predicted octanol–water partition coefficient (Wildman–Crippen LogP) is 2.36. The molecular formula is C18H16N2O6S. The van der Waals surface area contributed by atoms with Crippen molar-refractivity contribution in [2.45, 2.75) is 11.3 Å². The van der Waals surface area contributed by atoms with Crippen molar-refractivity contribution in [3.05, 3.63) is 69.8 Å². The van der Waals surface area contributed by atoms with Crippen LogP contribution in [0.15, 0.2) is 53.4 Å². The van der Waals surface area contributed by atoms with Gasteiger partial charge in [0, 0.05) is 6.07 Å². The van der Waals surface area contributed by atoms with Crippen LogP contribution >= 0.6 is 11.8 Å². The van der Waals surface area contributed by atoms with Crippen LogP contribution < -0.4 is 5.32 Å². The number of nitrogens with zero attached hydrogens (tertiary/aromatic N) is 1. The number of hydrogen-bond donors (Lipinski definition) is 1. The highest BCUT2D eigenvalue weighted by molar-refractivity contribution is 7.98. The van der Waals surface area contributed by atoms with Crippen LogP contribution in [0.25, 0.3) is 0 Å². The number of ether oxygens (including phenoxy) is 1. The highest BCUT2D eigenvalue weighted by Crippen LogP contribution is 2.28. The maximum atomic E-state index is 12.0. The van der Waals surface area contributed by atoms with Gasteiger partial charge >= 0.3 is 5.97 Å². The summed E-state index contributed by atoms with van der Waals surface area (Å²) in [5, 5.41) is 13.1. The summed E-state index contributed by atoms with van der Waals surface area (Å²) in [4.78, 5) is 46.3. The molecule has 0 saturated heterocycles. The minimum absolute atomic E-state index is 0.0167. The molecule has 0 aliphatic rings. The largest absolute Gasteiger partial charge is 0.452 e. The van der Waals surface area contributed by atoms with Crippen LogP contribution in [0.2, 0.25) is 0 Å². The van der Waals surface area contributed by atoms with E-state index < -0.39 is 29.3 Å². The second-order valence-corrected chi connectivity index (χ2v) is 6.20. The molecule has 2 aromatic rings. The van der Waals surface area contributed by atoms with E-state index in [4.69, 9.17) is 4.74 Å². The van der Waals surface area contributed by atoms with Gasteiger partial charge in [0.15, 0.2) is 6.61 Å². The second kappa shape index (κ2) is 9.48. The number of benzene rings is 2. The van der Waals surface area contributed by atoms with Crippen molar-refractivity contribution < 1.29 is 24.0 Å². The van der Waals surface area contributed by atoms with E-state index in [-0.39, 0.29) is 17.7 Å². The van der Waals surface area contributed by atoms with Crippen molar-refractivity contribution in [2.75, 3.05) is 12.9 Å². The topological polar surface area (TPSA) is 116 Å². The number of imide groups is 1. The predicted molar refractivity (Wildman–Crippen MR) is 98.5 cm³/mol. The van der Waals surface area contributed by atoms with E-state index in [2.05, 4.69) is 5.32 Å². The van der Waals surface area contributed by atoms with Gasteiger partial charge in [0.1, 0.15) is 0 Å². The third kappa shape index (κ3) is 5.93. The summed E-state index contributed by atoms with van der Waals surface area (Å²) in [6, 6.07) is 12.7. The number of carbonyl (C=O) groups is 3. The lowest BCUT2D eigenvalue weighted by Gasteiger charge is -2.07. The van der Waals surface area contributed by atoms with Gasteiger partial charge in [-0.25, -0.2) is 4.79 Å². The number of rotatable bonds is 7. The standard InChI is InChI=1S/C18H16N2O6S/c1-27-15-8-7-13(10-14(15)20(24)25)18(23)26-11-17(22)19-16(21)9-12-5-3-2-4-6-12/h2-8,10H,9,11H2,1H3,(H,19,21,22). The average molecular weight is 388 g/mol. The Morgan fingerprint density at radius 3 is 2.44 bits per heavy atom. The summed E-state index contributed by atoms with van der Waals surface area (Å²) in [6.07, 6.45) is 1.69. The van der Waals surface area contributed by atoms with Gasteiger partial charge in [-0.05, 0) is 24.0 Å². The number of thioether (sulfide) groups is 1. The van der Waals surface area contributed by atoms with Gasteiger partial charge in [0.25, 0.3) is 11.6 Å². The molecule has 0 aliphatic heterocycles. The quantitative estimate of drug-likeness (QED) is 0.335. The van der Waals surface area contributed by atoms with Gasteiger partial charge in [0.2, 0.25) is 5.91 Å². The Bertz CT molecular complexity index is 869. The number of nitro benzene ring substituents is 1. The molecule has 0 unspecified atom stereocenters. The Morgan fingerprint density at radius 2 is 1.81 bits per heavy atom. The molecule has 0 saturated carbocycles. The van der Waals surface area contributed by atoms with Crippen LogP contribution in [0.5, 0.6) is 0 Å². The summed E-state index contributed by atoms with van der Waals surface area (Å²) in [7, 11) is 0. The second-order valence-electron chi connectivity index (χ2n) is 5.35. The molecule has 2 amide bonds. The molecule has 27 heavy (non-hydrogen) atoms. The molecule has 0 aliphatic carbocycles. The first-order valence-electron chi connectivity index (χ1n) is 7.77. The summed E-state index contributed by atoms with van der Waals surface area (Å²) in [5.41, 5.74) is 0.461. The van der Waals surface area contributed by atoms with Crippen LogP contribution in [-0.4, -0.2) is 35.6 Å². The number of carbonyl (C=O) groups excluding carboxylic acids is 3. The van der Waals surface area contributed by atoms with Gasteiger partial charge in [-0.15, -0.1) is 11.8 Å². The molecule has 0 atom stereocenters. The first-order chi connectivity index (χ1) is 12.9. The number of nitrogens with one attached hydrogen (secondary N) is 1. The zero-order chi connectivity index (χ0) is 19.8. The molecule has 8 nitrogen and oxygen atoms in total. The molecule has 0 bridgehead atoms. The summed E-state index contributed by atoms with van der Waals surface area (Å²) in [6.45, 7) is -0.669. The maximum absolute atomic E-state index is 12.0. The van der Waals surface area contributed by atoms with Crippen LogP contribution in [-0.2, 0) is 20.7 Å². The summed E-state index contributed by atoms with van der Waals surface area (Å²) >= 11 is 1.17. The van der Waals surface area contributed by atoms with E-state index in [0.717, 1.165) is 11.6 Å². The van der Waals surface area contributed by atoms with Crippen molar-refractivity contribution in [1.82, 2.24) is 5.32 Å². The third-order valence-electron chi connectivity index (χ3n) is 3.43. The SMILES string of the molecule is CSc1ccc(C(=O)OCC(=O)NC(=O)Cc2ccccc2)cc1[N+](=O)[O-]. The molecule has 0 radical (unpaired) electrons. The molecule has 0 fully saturated rings. The van der Waals surface area contributed by atoms with E-state index in [9.17, 15) is 24.5 Å². The monoisotopic (exact) mass is 388 g/mol. The summed E-state index contributed by atoms with van der Waals surface area (Å²) in [5.74, 6) is -2.20. The minimum Gasteiger partial charge on any atom is -0.452 e. The lowest BCUT2D eigenvalue weighted by molar-refractivity contribution is -0.387. The van der Waals surface area contributed by atoms with Gasteiger partial charge in [0.05, 0.1) is 21.8 Å². The van der Waals surface area contributed by atoms with E-state index >= 15 is 0 Å². The molecule has 9 heteroatoms. The molecule has 140 valence electrons. The van der Waals surface area contributed by atoms with E-state index in [1.807, 2.05) is 6.07 Å². The first kappa shape index (κ1) is 20.1. The molecular weight excluding hydrogens is 372 g/mol. The molecule has 2 aromatic carbocycles. The first-order valence-corrected chi connectivity index (χ1v) is 8.99. The van der Waals surface area contributed by atoms with Crippen LogP contribution in [0.1, 0.15) is 15.9 Å². The number of esters is 1. The Kier molecular flexibility index (Phi) is 7.07. The fourth-order valence-corrected chi connectivity index (χ4v) is 2.74. The third-order valence-corrected chi connectivity index (χ3v) is 4.22. The fourth-order valence-electron chi connectivity index (χ4n) is 2.19. The van der Waals surface area contributed by atoms with Crippen LogP contribution in [0.4, 0.5) is 5.69 Å². The van der Waals surface area contributed by atoms with Crippen LogP contribution in [0.3, 0.4) is 0 Å². The average Bonchev–Trinajstić information content (AvgIpc) is 2.66. The van der Waals surface area contributed by atoms with Crippen molar-refractivity contribution in [2.24, 2.45) is 0 Å². The van der Waals surface area contributed by atoms with Gasteiger partial charge in [-0.1, -0.05) is 30.3 Å². The fraction of sp³-hybridized carbons (Fsp3) is 0.167. The van der Waals surface area contributed by atoms with Gasteiger partial charge in [-0.2, -0.15) is 0 Å². The maximum Gasteiger partial charge on any atom is 0.338 e. The zero-order valence-electron chi connectivity index (χ0n) is 14.3. The van der Waals surface area contributed by atoms with Gasteiger partial charge < -0.3 is 4.74 Å². The Labute approximate surface area is 159 Å². The Hall–Kier alpha value is -3.20. The smallest absolute Gasteiger partial charge is 0.338 e. The number of nitro groups is 1. The highest BCUT2D eigenvalue weighted by atomic mass is 32.2. The number of amides is 2. The number of hydrogen-bond acceptors (Lipinski definition) is 7. The summed E-state index contributed by atoms with van der Waals surface area (Å²) < 4.78 is 4.82. The van der Waals surface area contributed by atoms with Crippen molar-refractivity contribution in [1.29, 1.82) is 0 Å². The highest BCUT2D eigenvalue weighted by Gasteiger charge is 2.19. The van der Waals surface area contributed by atoms with E-state index in [0.29, 0.717) is 4.90 Å². The lowest BCUT2D eigenvalue weighted by atomic mass is 10.1. The molecule has 0 aromatic heterocycles. The molecule has 1 N–H and O–H groups in total.